The van der Waals surface area contributed by atoms with Gasteiger partial charge in [0.05, 0.1) is 54.7 Å². The molecule has 0 radical (unpaired) electrons. The molecule has 0 saturated heterocycles. The van der Waals surface area contributed by atoms with Crippen molar-refractivity contribution in [1.29, 1.82) is 0 Å². The maximum absolute atomic E-state index is 13.7. The van der Waals surface area contributed by atoms with Crippen LogP contribution in [0.4, 0.5) is 5.69 Å². The van der Waals surface area contributed by atoms with Gasteiger partial charge in [-0.05, 0) is 242 Å². The molecule has 4 fully saturated rings. The third-order valence-corrected chi connectivity index (χ3v) is 32.2. The van der Waals surface area contributed by atoms with E-state index in [9.17, 15) is 83.6 Å². The van der Waals surface area contributed by atoms with Crippen molar-refractivity contribution in [3.63, 3.8) is 0 Å². The molecule has 145 heavy (non-hydrogen) atoms. The molecule has 4 saturated carbocycles. The number of nitro groups is 1. The molecule has 746 valence electrons. The molecule has 39 heteroatoms. The van der Waals surface area contributed by atoms with Gasteiger partial charge >= 0.3 is 56.9 Å². The Kier molecular flexibility index (Phi) is 22.2. The van der Waals surface area contributed by atoms with Crippen molar-refractivity contribution in [2.45, 2.75) is 234 Å². The third kappa shape index (κ3) is 14.7. The van der Waals surface area contributed by atoms with Crippen molar-refractivity contribution >= 4 is 28.3 Å². The van der Waals surface area contributed by atoms with Crippen molar-refractivity contribution in [2.75, 3.05) is 0 Å². The van der Waals surface area contributed by atoms with Crippen molar-refractivity contribution in [2.24, 2.45) is 7.05 Å². The number of non-ortho nitro benzene ring substituents is 1. The average Bonchev–Trinajstić information content (AvgIpc) is 1.60. The zero-order chi connectivity index (χ0) is 101. The standard InChI is InChI=1S/C23H27N3O4.C23H21N3O4.C21H18IN3O4.C21H18N4O6.C18H19N3O4/c2*27-16-8-9-17-19(14-16)30-23(11-4-5-12-23)18-10-13-24-21(28)25(15-6-2-1-3-7-15)22(29)26(24)20(17)18;1-21(2)14-9-10-23-19(27)24(16-6-4-3-5-15(16)22)20(28)25(23)18(14)13-8-7-12(26)11-17(13)29-21;1-21(2)16-8-9-22-19(27)23(12-4-3-5-13(10-12)25(29)30)20(28)24(22)18(16)15-7-6-14(26)11-17(15)31-21;1-19-16(23)20-9-6-13-15(21(20)17(19)24)12-5-4-11(22)10-14(12)25-18(13)7-2-3-8-18/h8-10,14-15,20,27H,1-7,11-13H2;1-3,6-10,14,20,27H,4-5,11-13H2;3-9,11,18,26H,10H2,1-2H3;3-8,10-11,18,26H,9H2,1-2H3;4-6,10,15,22H,2-3,7-9H2,1H3. The minimum Gasteiger partial charge on any atom is -0.508 e. The number of allylic oxidation sites excluding steroid dienone is 5. The molecule has 38 nitrogen and oxygen atoms in total. The molecule has 10 aliphatic heterocycles. The number of halogens is 1. The quantitative estimate of drug-likeness (QED) is 0.0462. The second kappa shape index (κ2) is 34.5. The van der Waals surface area contributed by atoms with Gasteiger partial charge in [0.2, 0.25) is 0 Å². The predicted octanol–water partition coefficient (Wildman–Crippen LogP) is 12.2. The number of phenols is 5. The molecule has 0 bridgehead atoms. The van der Waals surface area contributed by atoms with Crippen LogP contribution in [0.2, 0.25) is 0 Å². The molecule has 8 aromatic carbocycles. The third-order valence-electron chi connectivity index (χ3n) is 31.3. The maximum atomic E-state index is 13.7. The van der Waals surface area contributed by atoms with Crippen LogP contribution in [-0.4, -0.2) is 128 Å². The molecule has 14 aliphatic rings. The zero-order valence-electron chi connectivity index (χ0n) is 79.8. The van der Waals surface area contributed by atoms with Crippen molar-refractivity contribution in [3.8, 4) is 74.6 Å². The first-order chi connectivity index (χ1) is 69.7. The molecule has 5 aromatic heterocycles. The summed E-state index contributed by atoms with van der Waals surface area (Å²) in [5.74, 6) is 3.24. The lowest BCUT2D eigenvalue weighted by Crippen LogP contribution is -2.48. The summed E-state index contributed by atoms with van der Waals surface area (Å²) in [6, 6.07) is 44.1. The lowest BCUT2D eigenvalue weighted by Gasteiger charge is -2.44. The highest BCUT2D eigenvalue weighted by molar-refractivity contribution is 14.1. The monoisotopic (exact) mass is 2080 g/mol. The van der Waals surface area contributed by atoms with E-state index in [4.69, 9.17) is 23.7 Å². The van der Waals surface area contributed by atoms with Gasteiger partial charge in [-0.3, -0.25) is 10.1 Å². The molecule has 13 aromatic rings. The average molecular weight is 2080 g/mol. The summed E-state index contributed by atoms with van der Waals surface area (Å²) in [6.45, 7) is 9.11. The van der Waals surface area contributed by atoms with Gasteiger partial charge in [0.1, 0.15) is 116 Å². The number of para-hydroxylation sites is 2. The fourth-order valence-corrected chi connectivity index (χ4v) is 25.3. The Morgan fingerprint density at radius 2 is 0.655 bits per heavy atom. The van der Waals surface area contributed by atoms with Crippen molar-refractivity contribution < 1.29 is 54.1 Å². The van der Waals surface area contributed by atoms with Gasteiger partial charge in [-0.2, -0.15) is 0 Å². The highest BCUT2D eigenvalue weighted by atomic mass is 127. The highest BCUT2D eigenvalue weighted by Gasteiger charge is 2.56. The molecule has 5 N–H and O–H groups in total. The zero-order valence-corrected chi connectivity index (χ0v) is 81.9. The van der Waals surface area contributed by atoms with Gasteiger partial charge in [0.25, 0.3) is 5.69 Å². The number of phenolic OH excluding ortho intramolecular Hbond substituents is 5. The van der Waals surface area contributed by atoms with Crippen LogP contribution in [0.5, 0.6) is 57.5 Å². The van der Waals surface area contributed by atoms with Crippen molar-refractivity contribution in [1.82, 2.24) is 69.7 Å². The van der Waals surface area contributed by atoms with E-state index in [1.807, 2.05) is 88.4 Å². The van der Waals surface area contributed by atoms with E-state index >= 15 is 0 Å². The maximum Gasteiger partial charge on any atom is 0.352 e. The molecule has 4 aliphatic carbocycles. The number of rotatable bonds is 5. The molecule has 27 rings (SSSR count). The van der Waals surface area contributed by atoms with Crippen LogP contribution in [-0.2, 0) is 39.8 Å². The van der Waals surface area contributed by atoms with Gasteiger partial charge in [-0.15, -0.1) is 0 Å². The van der Waals surface area contributed by atoms with Crippen LogP contribution in [0.3, 0.4) is 0 Å². The molecular formula is C106H103IN16O22. The first-order valence-electron chi connectivity index (χ1n) is 49.0. The number of aromatic nitrogens is 15. The number of hydrogen-bond acceptors (Lipinski definition) is 22. The number of fused-ring (bicyclic) bond motifs is 28. The van der Waals surface area contributed by atoms with Crippen LogP contribution >= 0.6 is 22.6 Å². The normalized spacial score (nSPS) is 21.0. The van der Waals surface area contributed by atoms with E-state index in [0.29, 0.717) is 65.3 Å². The summed E-state index contributed by atoms with van der Waals surface area (Å²) < 4.78 is 53.5. The molecular weight excluding hydrogens is 1980 g/mol. The van der Waals surface area contributed by atoms with Gasteiger partial charge in [-0.25, -0.2) is 118 Å². The fraction of sp³-hybridized carbons (Fsp3) is 0.358. The first kappa shape index (κ1) is 93.0. The second-order valence-electron chi connectivity index (χ2n) is 40.3. The van der Waals surface area contributed by atoms with Crippen LogP contribution in [0, 0.1) is 13.7 Å². The van der Waals surface area contributed by atoms with Gasteiger partial charge in [0, 0.05) is 104 Å². The van der Waals surface area contributed by atoms with E-state index in [-0.39, 0.29) is 111 Å². The van der Waals surface area contributed by atoms with E-state index < -0.39 is 68.1 Å². The highest BCUT2D eigenvalue weighted by Crippen LogP contribution is 2.58. The van der Waals surface area contributed by atoms with Crippen molar-refractivity contribution in [3.05, 3.63) is 374 Å². The number of nitro benzene ring substituents is 1. The smallest absolute Gasteiger partial charge is 0.352 e. The Labute approximate surface area is 836 Å². The Morgan fingerprint density at radius 1 is 0.331 bits per heavy atom. The van der Waals surface area contributed by atoms with Crippen LogP contribution in [0.15, 0.2) is 276 Å². The Bertz CT molecular complexity index is 8480. The van der Waals surface area contributed by atoms with E-state index in [1.54, 1.807) is 110 Å². The van der Waals surface area contributed by atoms with Gasteiger partial charge < -0.3 is 49.2 Å². The lowest BCUT2D eigenvalue weighted by molar-refractivity contribution is -0.384. The Morgan fingerprint density at radius 3 is 1.06 bits per heavy atom. The Hall–Kier alpha value is -15.7. The number of aromatic hydroxyl groups is 5. The van der Waals surface area contributed by atoms with E-state index in [1.165, 1.54) is 91.7 Å². The number of benzene rings is 8. The molecule has 5 unspecified atom stereocenters. The minimum atomic E-state index is -0.778. The van der Waals surface area contributed by atoms with Crippen LogP contribution < -0.4 is 80.6 Å². The topological polar surface area (TPSA) is 435 Å². The lowest BCUT2D eigenvalue weighted by atomic mass is 9.79. The minimum absolute atomic E-state index is 0.00707. The van der Waals surface area contributed by atoms with Crippen LogP contribution in [0.25, 0.3) is 17.1 Å². The number of nitrogens with zero attached hydrogens (tertiary/aromatic N) is 16. The van der Waals surface area contributed by atoms with Gasteiger partial charge in [-0.1, -0.05) is 86.0 Å². The Balaban J connectivity index is 0.000000100. The molecule has 3 spiro atoms. The summed E-state index contributed by atoms with van der Waals surface area (Å²) in [7, 11) is 1.51. The molecule has 5 atom stereocenters. The summed E-state index contributed by atoms with van der Waals surface area (Å²) in [6.07, 6.45) is 26.8. The summed E-state index contributed by atoms with van der Waals surface area (Å²) in [4.78, 5) is 143. The molecule has 15 heterocycles. The van der Waals surface area contributed by atoms with Crippen LogP contribution in [0.1, 0.15) is 201 Å². The van der Waals surface area contributed by atoms with E-state index in [2.05, 4.69) is 34.7 Å². The predicted molar refractivity (Wildman–Crippen MR) is 538 cm³/mol. The summed E-state index contributed by atoms with van der Waals surface area (Å²) >= 11 is 2.13. The largest absolute Gasteiger partial charge is 0.508 e. The SMILES string of the molecule is CC1(C)Oc2cc(O)ccc2C2C1=CCn1c(=O)n(-c3cccc([N+](=O)[O-])c3)c(=O)n12.CC1(C)Oc2cc(O)ccc2C2C1=CCn1c(=O)n(-c3ccccc3I)c(=O)n12.Cn1c(=O)n2n(c1=O)C1C(=CC2)C2(CCCC2)Oc2cc(O)ccc21.O=c1n(-c2ccccc2)c(=O)n2n1CC=C1C2c2ccc(O)cc2OC12CCCC2.O=c1n(C2CCCCC2)c(=O)n2n1CC=C1C2c2ccc(O)cc2OC12CCCC2. The fourth-order valence-electron chi connectivity index (χ4n) is 24.7. The molecule has 0 amide bonds. The first-order valence-corrected chi connectivity index (χ1v) is 50.1. The number of ether oxygens (including phenoxy) is 5. The summed E-state index contributed by atoms with van der Waals surface area (Å²) in [5.41, 5.74) is 3.19. The second-order valence-corrected chi connectivity index (χ2v) is 41.5. The van der Waals surface area contributed by atoms with E-state index in [0.717, 1.165) is 166 Å². The van der Waals surface area contributed by atoms with Gasteiger partial charge in [0.15, 0.2) is 0 Å². The number of hydrogen-bond donors (Lipinski definition) is 5. The summed E-state index contributed by atoms with van der Waals surface area (Å²) in [5, 5.41) is 61.0.